The van der Waals surface area contributed by atoms with E-state index in [9.17, 15) is 9.90 Å². The molecular formula is C18H18Cl2O3. The van der Waals surface area contributed by atoms with Gasteiger partial charge in [-0.05, 0) is 54.5 Å². The number of hydrogen-bond acceptors (Lipinski definition) is 3. The van der Waals surface area contributed by atoms with Crippen molar-refractivity contribution in [3.63, 3.8) is 0 Å². The molecule has 1 aliphatic rings. The van der Waals surface area contributed by atoms with Crippen LogP contribution in [0, 0.1) is 6.92 Å². The van der Waals surface area contributed by atoms with Crippen molar-refractivity contribution in [2.24, 2.45) is 0 Å². The Morgan fingerprint density at radius 2 is 2.04 bits per heavy atom. The molecule has 0 radical (unpaired) electrons. The minimum absolute atomic E-state index is 0.0923. The second kappa shape index (κ2) is 6.68. The molecule has 3 rings (SSSR count). The van der Waals surface area contributed by atoms with Crippen molar-refractivity contribution >= 4 is 39.9 Å². The standard InChI is InChI=1S/C18H18Cl2O3/c1-10-6-17(20)15-4-2-11(19)7-16(15)14(10)5-3-13-8-12(21)9-18(22)23-13/h2,4,6-7,12-13,21H,3,5,8-9H2,1H3. The van der Waals surface area contributed by atoms with Gasteiger partial charge in [-0.1, -0.05) is 29.3 Å². The number of rotatable bonds is 3. The summed E-state index contributed by atoms with van der Waals surface area (Å²) in [6.07, 6.45) is 1.16. The Labute approximate surface area is 145 Å². The molecule has 1 saturated heterocycles. The number of aliphatic hydroxyl groups excluding tert-OH is 1. The molecule has 5 heteroatoms. The highest BCUT2D eigenvalue weighted by Gasteiger charge is 2.27. The fourth-order valence-corrected chi connectivity index (χ4v) is 3.72. The molecule has 2 aromatic carbocycles. The number of carbonyl (C=O) groups is 1. The molecular weight excluding hydrogens is 335 g/mol. The third-order valence-electron chi connectivity index (χ3n) is 4.33. The summed E-state index contributed by atoms with van der Waals surface area (Å²) in [7, 11) is 0. The van der Waals surface area contributed by atoms with E-state index in [1.807, 2.05) is 31.2 Å². The smallest absolute Gasteiger partial charge is 0.308 e. The van der Waals surface area contributed by atoms with Crippen LogP contribution in [-0.4, -0.2) is 23.3 Å². The Balaban J connectivity index is 1.88. The van der Waals surface area contributed by atoms with Gasteiger partial charge in [-0.25, -0.2) is 0 Å². The first-order valence-electron chi connectivity index (χ1n) is 7.69. The summed E-state index contributed by atoms with van der Waals surface area (Å²) in [5.41, 5.74) is 2.25. The molecule has 1 N–H and O–H groups in total. The molecule has 2 atom stereocenters. The average Bonchev–Trinajstić information content (AvgIpc) is 2.45. The lowest BCUT2D eigenvalue weighted by Gasteiger charge is -2.26. The van der Waals surface area contributed by atoms with Gasteiger partial charge in [0.1, 0.15) is 6.10 Å². The van der Waals surface area contributed by atoms with Crippen LogP contribution in [0.15, 0.2) is 24.3 Å². The topological polar surface area (TPSA) is 46.5 Å². The first-order chi connectivity index (χ1) is 10.9. The summed E-state index contributed by atoms with van der Waals surface area (Å²) >= 11 is 12.5. The Bertz CT molecular complexity index is 758. The van der Waals surface area contributed by atoms with Gasteiger partial charge in [0.2, 0.25) is 0 Å². The quantitative estimate of drug-likeness (QED) is 0.829. The second-order valence-electron chi connectivity index (χ2n) is 6.09. The van der Waals surface area contributed by atoms with E-state index in [0.717, 1.165) is 28.3 Å². The van der Waals surface area contributed by atoms with E-state index in [-0.39, 0.29) is 18.5 Å². The highest BCUT2D eigenvalue weighted by molar-refractivity contribution is 6.36. The third kappa shape index (κ3) is 3.63. The average molecular weight is 353 g/mol. The fraction of sp³-hybridized carbons (Fsp3) is 0.389. The SMILES string of the molecule is Cc1cc(Cl)c2ccc(Cl)cc2c1CCC1CC(O)CC(=O)O1. The second-order valence-corrected chi connectivity index (χ2v) is 6.93. The summed E-state index contributed by atoms with van der Waals surface area (Å²) in [5.74, 6) is -0.325. The van der Waals surface area contributed by atoms with E-state index in [1.165, 1.54) is 0 Å². The van der Waals surface area contributed by atoms with E-state index >= 15 is 0 Å². The van der Waals surface area contributed by atoms with Gasteiger partial charge >= 0.3 is 5.97 Å². The van der Waals surface area contributed by atoms with E-state index in [1.54, 1.807) is 0 Å². The number of carbonyl (C=O) groups excluding carboxylic acids is 1. The molecule has 2 aromatic rings. The van der Waals surface area contributed by atoms with Crippen LogP contribution in [0.3, 0.4) is 0 Å². The van der Waals surface area contributed by atoms with Crippen LogP contribution < -0.4 is 0 Å². The number of esters is 1. The van der Waals surface area contributed by atoms with Gasteiger partial charge in [-0.15, -0.1) is 0 Å². The molecule has 3 nitrogen and oxygen atoms in total. The van der Waals surface area contributed by atoms with Gasteiger partial charge in [0.25, 0.3) is 0 Å². The molecule has 1 aliphatic heterocycles. The van der Waals surface area contributed by atoms with E-state index in [0.29, 0.717) is 22.9 Å². The van der Waals surface area contributed by atoms with Crippen molar-refractivity contribution in [1.82, 2.24) is 0 Å². The molecule has 0 saturated carbocycles. The lowest BCUT2D eigenvalue weighted by Crippen LogP contribution is -2.32. The monoisotopic (exact) mass is 352 g/mol. The molecule has 0 aromatic heterocycles. The van der Waals surface area contributed by atoms with Crippen LogP contribution in [0.1, 0.15) is 30.4 Å². The summed E-state index contributed by atoms with van der Waals surface area (Å²) in [4.78, 5) is 11.4. The van der Waals surface area contributed by atoms with Crippen LogP contribution in [0.5, 0.6) is 0 Å². The molecule has 0 aliphatic carbocycles. The van der Waals surface area contributed by atoms with Crippen molar-refractivity contribution in [3.05, 3.63) is 45.4 Å². The normalized spacial score (nSPS) is 21.5. The lowest BCUT2D eigenvalue weighted by molar-refractivity contribution is -0.160. The summed E-state index contributed by atoms with van der Waals surface area (Å²) in [6.45, 7) is 2.02. The third-order valence-corrected chi connectivity index (χ3v) is 4.88. The number of cyclic esters (lactones) is 1. The molecule has 1 fully saturated rings. The molecule has 23 heavy (non-hydrogen) atoms. The highest BCUT2D eigenvalue weighted by atomic mass is 35.5. The molecule has 0 bridgehead atoms. The number of fused-ring (bicyclic) bond motifs is 1. The molecule has 0 spiro atoms. The number of aliphatic hydroxyl groups is 1. The maximum atomic E-state index is 11.4. The van der Waals surface area contributed by atoms with Crippen molar-refractivity contribution in [2.45, 2.75) is 44.8 Å². The highest BCUT2D eigenvalue weighted by Crippen LogP contribution is 2.33. The first-order valence-corrected chi connectivity index (χ1v) is 8.44. The van der Waals surface area contributed by atoms with Gasteiger partial charge in [-0.2, -0.15) is 0 Å². The van der Waals surface area contributed by atoms with E-state index in [2.05, 4.69) is 0 Å². The van der Waals surface area contributed by atoms with Crippen molar-refractivity contribution in [3.8, 4) is 0 Å². The number of benzene rings is 2. The Morgan fingerprint density at radius 1 is 1.26 bits per heavy atom. The van der Waals surface area contributed by atoms with Crippen LogP contribution >= 0.6 is 23.2 Å². The summed E-state index contributed by atoms with van der Waals surface area (Å²) < 4.78 is 5.33. The molecule has 0 amide bonds. The Morgan fingerprint density at radius 3 is 2.78 bits per heavy atom. The predicted molar refractivity (Wildman–Crippen MR) is 92.1 cm³/mol. The van der Waals surface area contributed by atoms with Crippen molar-refractivity contribution in [1.29, 1.82) is 0 Å². The van der Waals surface area contributed by atoms with Crippen LogP contribution in [0.4, 0.5) is 0 Å². The first kappa shape index (κ1) is 16.6. The number of aryl methyl sites for hydroxylation is 2. The maximum Gasteiger partial charge on any atom is 0.308 e. The van der Waals surface area contributed by atoms with Crippen LogP contribution in [0.25, 0.3) is 10.8 Å². The van der Waals surface area contributed by atoms with Crippen molar-refractivity contribution < 1.29 is 14.6 Å². The zero-order valence-corrected chi connectivity index (χ0v) is 14.3. The molecule has 1 heterocycles. The number of halogens is 2. The zero-order valence-electron chi connectivity index (χ0n) is 12.8. The Kier molecular flexibility index (Phi) is 4.81. The van der Waals surface area contributed by atoms with Gasteiger partial charge in [0, 0.05) is 21.9 Å². The van der Waals surface area contributed by atoms with E-state index in [4.69, 9.17) is 27.9 Å². The minimum atomic E-state index is -0.598. The fourth-order valence-electron chi connectivity index (χ4n) is 3.22. The lowest BCUT2D eigenvalue weighted by atomic mass is 9.93. The molecule has 2 unspecified atom stereocenters. The zero-order chi connectivity index (χ0) is 16.6. The van der Waals surface area contributed by atoms with Gasteiger partial charge < -0.3 is 9.84 Å². The minimum Gasteiger partial charge on any atom is -0.462 e. The Hall–Kier alpha value is -1.29. The van der Waals surface area contributed by atoms with Crippen molar-refractivity contribution in [2.75, 3.05) is 0 Å². The summed E-state index contributed by atoms with van der Waals surface area (Å²) in [6, 6.07) is 7.63. The van der Waals surface area contributed by atoms with Gasteiger partial charge in [-0.3, -0.25) is 4.79 Å². The summed E-state index contributed by atoms with van der Waals surface area (Å²) in [5, 5.41) is 13.1. The van der Waals surface area contributed by atoms with Gasteiger partial charge in [0.05, 0.1) is 12.5 Å². The van der Waals surface area contributed by atoms with Gasteiger partial charge in [0.15, 0.2) is 0 Å². The number of hydrogen-bond donors (Lipinski definition) is 1. The largest absolute Gasteiger partial charge is 0.462 e. The van der Waals surface area contributed by atoms with Crippen LogP contribution in [0.2, 0.25) is 10.0 Å². The van der Waals surface area contributed by atoms with Crippen LogP contribution in [-0.2, 0) is 16.0 Å². The predicted octanol–water partition coefficient (Wildman–Crippen LogP) is 4.45. The van der Waals surface area contributed by atoms with E-state index < -0.39 is 6.10 Å². The molecule has 122 valence electrons. The maximum absolute atomic E-state index is 11.4. The number of ether oxygens (including phenoxy) is 1.